The van der Waals surface area contributed by atoms with Crippen LogP contribution in [0.4, 0.5) is 0 Å². The molecule has 2 fully saturated rings. The van der Waals surface area contributed by atoms with Crippen LogP contribution in [0.2, 0.25) is 0 Å². The third kappa shape index (κ3) is 5.65. The maximum Gasteiger partial charge on any atom is 0.309 e. The highest BCUT2D eigenvalue weighted by Crippen LogP contribution is 2.51. The fourth-order valence-corrected chi connectivity index (χ4v) is 4.13. The molecule has 1 saturated heterocycles. The van der Waals surface area contributed by atoms with Crippen LogP contribution < -0.4 is 0 Å². The third-order valence-corrected chi connectivity index (χ3v) is 5.86. The summed E-state index contributed by atoms with van der Waals surface area (Å²) >= 11 is 0. The Morgan fingerprint density at radius 1 is 1.22 bits per heavy atom. The van der Waals surface area contributed by atoms with Crippen LogP contribution in [-0.2, 0) is 30.9 Å². The Hall–Kier alpha value is -1.68. The van der Waals surface area contributed by atoms with Crippen LogP contribution in [0.15, 0.2) is 18.2 Å². The second-order valence-electron chi connectivity index (χ2n) is 7.84. The molecule has 4 nitrogen and oxygen atoms in total. The fourth-order valence-electron chi connectivity index (χ4n) is 4.13. The van der Waals surface area contributed by atoms with Crippen molar-refractivity contribution in [2.75, 3.05) is 20.3 Å². The summed E-state index contributed by atoms with van der Waals surface area (Å²) in [5.74, 6) is 0.910. The first kappa shape index (κ1) is 21.6. The molecule has 0 amide bonds. The number of carbonyl (C=O) groups is 2. The molecule has 0 radical (unpaired) electrons. The normalized spacial score (nSPS) is 18.2. The predicted molar refractivity (Wildman–Crippen MR) is 107 cm³/mol. The number of carbonyl (C=O) groups excluding carboxylic acids is 2. The van der Waals surface area contributed by atoms with E-state index in [0.29, 0.717) is 0 Å². The first-order valence-corrected chi connectivity index (χ1v) is 10.2. The Morgan fingerprint density at radius 2 is 1.89 bits per heavy atom. The maximum atomic E-state index is 11.9. The van der Waals surface area contributed by atoms with Crippen LogP contribution in [-0.4, -0.2) is 32.1 Å². The van der Waals surface area contributed by atoms with E-state index in [1.165, 1.54) is 32.8 Å². The number of ether oxygens (including phenoxy) is 2. The van der Waals surface area contributed by atoms with Crippen molar-refractivity contribution in [1.29, 1.82) is 0 Å². The van der Waals surface area contributed by atoms with Crippen LogP contribution in [0.5, 0.6) is 0 Å². The summed E-state index contributed by atoms with van der Waals surface area (Å²) < 4.78 is 9.96. The SMILES string of the molecule is CCCC1CCOCC1.COC(=O)Cc1cccc(C)c1C1(C(C)=O)CC1. The molecule has 1 aliphatic carbocycles. The van der Waals surface area contributed by atoms with Gasteiger partial charge >= 0.3 is 5.97 Å². The van der Waals surface area contributed by atoms with Crippen molar-refractivity contribution in [3.05, 3.63) is 34.9 Å². The number of ketones is 1. The number of aryl methyl sites for hydroxylation is 1. The Bertz CT molecular complexity index is 637. The predicted octanol–water partition coefficient (Wildman–Crippen LogP) is 4.54. The molecule has 1 aromatic rings. The van der Waals surface area contributed by atoms with Crippen molar-refractivity contribution in [3.8, 4) is 0 Å². The number of Topliss-reactive ketones (excluding diaryl/α,β-unsaturated/α-hetero) is 1. The van der Waals surface area contributed by atoms with Gasteiger partial charge in [0.25, 0.3) is 0 Å². The zero-order chi connectivity index (χ0) is 19.9. The van der Waals surface area contributed by atoms with Gasteiger partial charge < -0.3 is 9.47 Å². The lowest BCUT2D eigenvalue weighted by Crippen LogP contribution is -2.21. The Kier molecular flexibility index (Phi) is 8.03. The van der Waals surface area contributed by atoms with E-state index in [0.717, 1.165) is 48.7 Å². The molecule has 27 heavy (non-hydrogen) atoms. The molecule has 150 valence electrons. The van der Waals surface area contributed by atoms with Crippen LogP contribution in [0.1, 0.15) is 69.1 Å². The quantitative estimate of drug-likeness (QED) is 0.686. The molecule has 0 atom stereocenters. The second-order valence-corrected chi connectivity index (χ2v) is 7.84. The highest BCUT2D eigenvalue weighted by Gasteiger charge is 2.50. The summed E-state index contributed by atoms with van der Waals surface area (Å²) in [4.78, 5) is 23.3. The molecular formula is C23H34O4. The van der Waals surface area contributed by atoms with E-state index in [-0.39, 0.29) is 23.6 Å². The van der Waals surface area contributed by atoms with Crippen molar-refractivity contribution < 1.29 is 19.1 Å². The monoisotopic (exact) mass is 374 g/mol. The number of benzene rings is 1. The molecule has 0 aromatic heterocycles. The maximum absolute atomic E-state index is 11.9. The van der Waals surface area contributed by atoms with E-state index in [9.17, 15) is 9.59 Å². The lowest BCUT2D eigenvalue weighted by atomic mass is 9.84. The minimum Gasteiger partial charge on any atom is -0.469 e. The summed E-state index contributed by atoms with van der Waals surface area (Å²) in [5.41, 5.74) is 2.72. The van der Waals surface area contributed by atoms with Gasteiger partial charge in [-0.05, 0) is 62.1 Å². The molecule has 1 saturated carbocycles. The van der Waals surface area contributed by atoms with Crippen molar-refractivity contribution in [1.82, 2.24) is 0 Å². The summed E-state index contributed by atoms with van der Waals surface area (Å²) in [6, 6.07) is 5.84. The summed E-state index contributed by atoms with van der Waals surface area (Å²) in [6.45, 7) is 7.91. The fraction of sp³-hybridized carbons (Fsp3) is 0.652. The largest absolute Gasteiger partial charge is 0.469 e. The summed E-state index contributed by atoms with van der Waals surface area (Å²) in [6.07, 6.45) is 7.36. The van der Waals surface area contributed by atoms with Crippen molar-refractivity contribution in [2.24, 2.45) is 5.92 Å². The van der Waals surface area contributed by atoms with Crippen molar-refractivity contribution >= 4 is 11.8 Å². The molecule has 0 unspecified atom stereocenters. The molecule has 0 N–H and O–H groups in total. The van der Waals surface area contributed by atoms with Gasteiger partial charge in [-0.2, -0.15) is 0 Å². The number of methoxy groups -OCH3 is 1. The highest BCUT2D eigenvalue weighted by molar-refractivity contribution is 5.92. The molecule has 0 spiro atoms. The zero-order valence-corrected chi connectivity index (χ0v) is 17.3. The first-order chi connectivity index (χ1) is 12.9. The molecule has 1 aliphatic heterocycles. The molecular weight excluding hydrogens is 340 g/mol. The van der Waals surface area contributed by atoms with Gasteiger partial charge in [0.05, 0.1) is 18.9 Å². The van der Waals surface area contributed by atoms with E-state index < -0.39 is 0 Å². The minimum atomic E-state index is -0.339. The van der Waals surface area contributed by atoms with Gasteiger partial charge in [0.2, 0.25) is 0 Å². The first-order valence-electron chi connectivity index (χ1n) is 10.2. The lowest BCUT2D eigenvalue weighted by molar-refractivity contribution is -0.139. The molecule has 0 bridgehead atoms. The van der Waals surface area contributed by atoms with E-state index in [2.05, 4.69) is 6.92 Å². The average Bonchev–Trinajstić information content (AvgIpc) is 3.45. The van der Waals surface area contributed by atoms with Crippen LogP contribution in [0.25, 0.3) is 0 Å². The number of hydrogen-bond donors (Lipinski definition) is 0. The lowest BCUT2D eigenvalue weighted by Gasteiger charge is -2.20. The minimum absolute atomic E-state index is 0.197. The average molecular weight is 375 g/mol. The van der Waals surface area contributed by atoms with E-state index in [1.54, 1.807) is 6.92 Å². The molecule has 1 heterocycles. The van der Waals surface area contributed by atoms with Crippen LogP contribution in [0.3, 0.4) is 0 Å². The van der Waals surface area contributed by atoms with Gasteiger partial charge in [0.15, 0.2) is 0 Å². The van der Waals surface area contributed by atoms with E-state index in [1.807, 2.05) is 25.1 Å². The van der Waals surface area contributed by atoms with Gasteiger partial charge in [-0.15, -0.1) is 0 Å². The van der Waals surface area contributed by atoms with Gasteiger partial charge in [-0.25, -0.2) is 0 Å². The molecule has 1 aromatic carbocycles. The van der Waals surface area contributed by atoms with Gasteiger partial charge in [-0.1, -0.05) is 38.0 Å². The van der Waals surface area contributed by atoms with E-state index >= 15 is 0 Å². The van der Waals surface area contributed by atoms with E-state index in [4.69, 9.17) is 9.47 Å². The van der Waals surface area contributed by atoms with Gasteiger partial charge in [-0.3, -0.25) is 9.59 Å². The molecule has 3 rings (SSSR count). The smallest absolute Gasteiger partial charge is 0.309 e. The zero-order valence-electron chi connectivity index (χ0n) is 17.3. The van der Waals surface area contributed by atoms with Crippen LogP contribution >= 0.6 is 0 Å². The molecule has 2 aliphatic rings. The molecule has 4 heteroatoms. The third-order valence-electron chi connectivity index (χ3n) is 5.86. The Morgan fingerprint density at radius 3 is 2.41 bits per heavy atom. The number of hydrogen-bond acceptors (Lipinski definition) is 4. The van der Waals surface area contributed by atoms with Crippen molar-refractivity contribution in [3.63, 3.8) is 0 Å². The summed E-state index contributed by atoms with van der Waals surface area (Å²) in [7, 11) is 1.38. The second kappa shape index (κ2) is 10.0. The topological polar surface area (TPSA) is 52.6 Å². The highest BCUT2D eigenvalue weighted by atomic mass is 16.5. The summed E-state index contributed by atoms with van der Waals surface area (Å²) in [5, 5.41) is 0. The van der Waals surface area contributed by atoms with Gasteiger partial charge in [0, 0.05) is 13.2 Å². The Balaban J connectivity index is 0.000000244. The van der Waals surface area contributed by atoms with Crippen molar-refractivity contribution in [2.45, 2.75) is 71.1 Å². The van der Waals surface area contributed by atoms with Gasteiger partial charge in [0.1, 0.15) is 5.78 Å². The Labute approximate surface area is 163 Å². The standard InChI is InChI=1S/C15H18O3.C8H16O/c1-10-5-4-6-12(9-13(17)18-3)14(10)15(7-8-15)11(2)16;1-2-3-8-4-6-9-7-5-8/h4-6H,7-9H2,1-3H3;8H,2-7H2,1H3. The number of esters is 1. The number of rotatable bonds is 6. The van der Waals surface area contributed by atoms with Crippen LogP contribution in [0, 0.1) is 12.8 Å².